The fourth-order valence-electron chi connectivity index (χ4n) is 5.47. The topological polar surface area (TPSA) is 44.8 Å². The van der Waals surface area contributed by atoms with Crippen LogP contribution in [0.2, 0.25) is 0 Å². The van der Waals surface area contributed by atoms with Crippen molar-refractivity contribution in [3.05, 3.63) is 76.9 Å². The number of allylic oxidation sites excluding steroid dienone is 1. The molecule has 2 aromatic rings. The average molecular weight is 390 g/mol. The van der Waals surface area contributed by atoms with Gasteiger partial charge in [0, 0.05) is 18.3 Å². The first kappa shape index (κ1) is 18.6. The fraction of sp³-hybridized carbons (Fsp3) is 0.400. The summed E-state index contributed by atoms with van der Waals surface area (Å²) in [6.45, 7) is 1.36. The van der Waals surface area contributed by atoms with Crippen LogP contribution in [-0.2, 0) is 26.0 Å². The minimum atomic E-state index is -0.432. The third kappa shape index (κ3) is 3.11. The number of fused-ring (bicyclic) bond motifs is 3. The number of hydrogen-bond donors (Lipinski definition) is 0. The predicted molar refractivity (Wildman–Crippen MR) is 111 cm³/mol. The zero-order chi connectivity index (χ0) is 19.9. The maximum atomic E-state index is 12.0. The number of ether oxygens (including phenoxy) is 3. The van der Waals surface area contributed by atoms with Gasteiger partial charge in [-0.25, -0.2) is 4.79 Å². The molecule has 1 spiro atoms. The lowest BCUT2D eigenvalue weighted by Gasteiger charge is -2.51. The van der Waals surface area contributed by atoms with Gasteiger partial charge in [-0.15, -0.1) is 0 Å². The monoisotopic (exact) mass is 390 g/mol. The summed E-state index contributed by atoms with van der Waals surface area (Å²) >= 11 is 0. The Bertz CT molecular complexity index is 943. The van der Waals surface area contributed by atoms with Gasteiger partial charge in [-0.05, 0) is 47.6 Å². The van der Waals surface area contributed by atoms with Gasteiger partial charge in [-0.3, -0.25) is 0 Å². The molecule has 4 heteroatoms. The van der Waals surface area contributed by atoms with E-state index in [2.05, 4.69) is 48.6 Å². The van der Waals surface area contributed by atoms with Gasteiger partial charge in [0.25, 0.3) is 0 Å². The molecular formula is C25H26O4. The minimum Gasteiger partial charge on any atom is -0.465 e. The summed E-state index contributed by atoms with van der Waals surface area (Å²) in [7, 11) is 1.42. The van der Waals surface area contributed by atoms with Crippen LogP contribution in [0, 0.1) is 5.92 Å². The zero-order valence-corrected chi connectivity index (χ0v) is 16.7. The van der Waals surface area contributed by atoms with Crippen LogP contribution in [0.15, 0.2) is 54.6 Å². The summed E-state index contributed by atoms with van der Waals surface area (Å²) < 4.78 is 17.0. The first-order valence-electron chi connectivity index (χ1n) is 10.4. The molecule has 2 aliphatic carbocycles. The molecule has 2 aromatic carbocycles. The molecule has 150 valence electrons. The summed E-state index contributed by atoms with van der Waals surface area (Å²) in [6.07, 6.45) is 8.17. The van der Waals surface area contributed by atoms with Crippen LogP contribution in [0.5, 0.6) is 0 Å². The highest BCUT2D eigenvalue weighted by Gasteiger charge is 2.53. The Labute approximate surface area is 171 Å². The number of methoxy groups -OCH3 is 1. The smallest absolute Gasteiger partial charge is 0.337 e. The van der Waals surface area contributed by atoms with Crippen LogP contribution in [0.4, 0.5) is 0 Å². The number of rotatable bonds is 3. The Morgan fingerprint density at radius 3 is 2.66 bits per heavy atom. The van der Waals surface area contributed by atoms with Gasteiger partial charge in [0.05, 0.1) is 25.9 Å². The standard InChI is InChI=1S/C25H26O4/c1-27-23(26)20-8-10-22-19(15-20)7-9-21-17-25(28-13-14-29-25)12-11-24(21,22)16-18-5-3-2-4-6-18/h2-10,15,21H,11-14,16-17H2,1H3/t21?,24-/m0/s1. The highest BCUT2D eigenvalue weighted by molar-refractivity contribution is 5.90. The van der Waals surface area contributed by atoms with Crippen molar-refractivity contribution in [1.29, 1.82) is 0 Å². The summed E-state index contributed by atoms with van der Waals surface area (Å²) in [5, 5.41) is 0. The van der Waals surface area contributed by atoms with Crippen LogP contribution in [0.25, 0.3) is 6.08 Å². The largest absolute Gasteiger partial charge is 0.465 e. The molecule has 0 aromatic heterocycles. The van der Waals surface area contributed by atoms with Crippen molar-refractivity contribution in [2.45, 2.75) is 36.9 Å². The van der Waals surface area contributed by atoms with Crippen molar-refractivity contribution in [2.24, 2.45) is 5.92 Å². The second-order valence-electron chi connectivity index (χ2n) is 8.39. The van der Waals surface area contributed by atoms with E-state index in [1.807, 2.05) is 12.1 Å². The number of benzene rings is 2. The number of carbonyl (C=O) groups excluding carboxylic acids is 1. The Morgan fingerprint density at radius 2 is 1.90 bits per heavy atom. The van der Waals surface area contributed by atoms with Gasteiger partial charge < -0.3 is 14.2 Å². The van der Waals surface area contributed by atoms with Crippen molar-refractivity contribution in [2.75, 3.05) is 20.3 Å². The predicted octanol–water partition coefficient (Wildman–Crippen LogP) is 4.52. The lowest BCUT2D eigenvalue weighted by Crippen LogP contribution is -2.50. The molecule has 4 nitrogen and oxygen atoms in total. The summed E-state index contributed by atoms with van der Waals surface area (Å²) in [5.74, 6) is -0.402. The second kappa shape index (κ2) is 7.12. The van der Waals surface area contributed by atoms with Gasteiger partial charge in [-0.1, -0.05) is 48.6 Å². The molecule has 2 atom stereocenters. The van der Waals surface area contributed by atoms with Crippen LogP contribution in [0.3, 0.4) is 0 Å². The lowest BCUT2D eigenvalue weighted by molar-refractivity contribution is -0.194. The first-order chi connectivity index (χ1) is 14.1. The molecule has 29 heavy (non-hydrogen) atoms. The normalized spacial score (nSPS) is 26.7. The molecule has 1 saturated heterocycles. The van der Waals surface area contributed by atoms with E-state index in [0.717, 1.165) is 31.2 Å². The molecule has 1 heterocycles. The van der Waals surface area contributed by atoms with Crippen LogP contribution >= 0.6 is 0 Å². The summed E-state index contributed by atoms with van der Waals surface area (Å²) in [5.41, 5.74) is 4.33. The molecule has 0 bridgehead atoms. The van der Waals surface area contributed by atoms with Crippen molar-refractivity contribution in [3.63, 3.8) is 0 Å². The van der Waals surface area contributed by atoms with E-state index in [1.165, 1.54) is 18.2 Å². The van der Waals surface area contributed by atoms with E-state index in [0.29, 0.717) is 24.7 Å². The molecule has 0 N–H and O–H groups in total. The molecular weight excluding hydrogens is 364 g/mol. The van der Waals surface area contributed by atoms with Crippen molar-refractivity contribution in [3.8, 4) is 0 Å². The van der Waals surface area contributed by atoms with Crippen LogP contribution < -0.4 is 0 Å². The fourth-order valence-corrected chi connectivity index (χ4v) is 5.47. The van der Waals surface area contributed by atoms with E-state index in [-0.39, 0.29) is 11.4 Å². The number of hydrogen-bond acceptors (Lipinski definition) is 4. The van der Waals surface area contributed by atoms with Crippen molar-refractivity contribution in [1.82, 2.24) is 0 Å². The van der Waals surface area contributed by atoms with E-state index < -0.39 is 5.79 Å². The highest BCUT2D eigenvalue weighted by Crippen LogP contribution is 2.54. The maximum Gasteiger partial charge on any atom is 0.337 e. The maximum absolute atomic E-state index is 12.0. The minimum absolute atomic E-state index is 0.0271. The molecule has 2 fully saturated rings. The SMILES string of the molecule is COC(=O)c1ccc2c(c1)C=CC1CC3(CC[C@@]21Cc1ccccc1)OCCO3. The Morgan fingerprint density at radius 1 is 1.10 bits per heavy atom. The van der Waals surface area contributed by atoms with Gasteiger partial charge in [0.1, 0.15) is 0 Å². The Balaban J connectivity index is 1.58. The first-order valence-corrected chi connectivity index (χ1v) is 10.4. The van der Waals surface area contributed by atoms with Gasteiger partial charge in [0.15, 0.2) is 5.79 Å². The third-order valence-corrected chi connectivity index (χ3v) is 6.89. The molecule has 0 amide bonds. The van der Waals surface area contributed by atoms with Crippen molar-refractivity contribution < 1.29 is 19.0 Å². The van der Waals surface area contributed by atoms with Gasteiger partial charge >= 0.3 is 5.97 Å². The third-order valence-electron chi connectivity index (χ3n) is 6.89. The molecule has 1 saturated carbocycles. The Hall–Kier alpha value is -2.43. The van der Waals surface area contributed by atoms with Gasteiger partial charge in [0.2, 0.25) is 0 Å². The summed E-state index contributed by atoms with van der Waals surface area (Å²) in [4.78, 5) is 12.0. The number of carbonyl (C=O) groups is 1. The van der Waals surface area contributed by atoms with E-state index >= 15 is 0 Å². The second-order valence-corrected chi connectivity index (χ2v) is 8.39. The molecule has 0 radical (unpaired) electrons. The quantitative estimate of drug-likeness (QED) is 0.723. The average Bonchev–Trinajstić information content (AvgIpc) is 3.22. The molecule has 5 rings (SSSR count). The molecule has 1 aliphatic heterocycles. The number of esters is 1. The van der Waals surface area contributed by atoms with E-state index in [1.54, 1.807) is 0 Å². The summed E-state index contributed by atoms with van der Waals surface area (Å²) in [6, 6.07) is 16.7. The molecule has 1 unspecified atom stereocenters. The zero-order valence-electron chi connectivity index (χ0n) is 16.7. The van der Waals surface area contributed by atoms with Crippen LogP contribution in [-0.4, -0.2) is 32.1 Å². The van der Waals surface area contributed by atoms with E-state index in [9.17, 15) is 4.79 Å². The van der Waals surface area contributed by atoms with Gasteiger partial charge in [-0.2, -0.15) is 0 Å². The Kier molecular flexibility index (Phi) is 4.56. The van der Waals surface area contributed by atoms with E-state index in [4.69, 9.17) is 14.2 Å². The highest BCUT2D eigenvalue weighted by atomic mass is 16.7. The lowest BCUT2D eigenvalue weighted by atomic mass is 9.56. The van der Waals surface area contributed by atoms with Crippen LogP contribution in [0.1, 0.15) is 46.3 Å². The van der Waals surface area contributed by atoms with Crippen molar-refractivity contribution >= 4 is 12.0 Å². The molecule has 3 aliphatic rings.